The van der Waals surface area contributed by atoms with E-state index in [9.17, 15) is 9.59 Å². The lowest BCUT2D eigenvalue weighted by Gasteiger charge is -2.26. The summed E-state index contributed by atoms with van der Waals surface area (Å²) in [6.07, 6.45) is 0.547. The Balaban J connectivity index is 1.98. The van der Waals surface area contributed by atoms with Gasteiger partial charge >= 0.3 is 11.9 Å². The maximum absolute atomic E-state index is 12.3. The lowest BCUT2D eigenvalue weighted by molar-refractivity contribution is -0.145. The van der Waals surface area contributed by atoms with E-state index in [0.717, 1.165) is 10.4 Å². The second-order valence-corrected chi connectivity index (χ2v) is 8.07. The number of carbonyl (C=O) groups excluding carboxylic acids is 2. The Morgan fingerprint density at radius 3 is 2.66 bits per heavy atom. The quantitative estimate of drug-likeness (QED) is 0.528. The zero-order valence-electron chi connectivity index (χ0n) is 16.1. The van der Waals surface area contributed by atoms with Crippen molar-refractivity contribution in [2.75, 3.05) is 33.7 Å². The number of ether oxygens (including phenoxy) is 5. The third-order valence-electron chi connectivity index (χ3n) is 4.32. The number of esters is 2. The summed E-state index contributed by atoms with van der Waals surface area (Å²) in [7, 11) is 1.29. The molecule has 29 heavy (non-hydrogen) atoms. The zero-order valence-corrected chi connectivity index (χ0v) is 18.5. The van der Waals surface area contributed by atoms with Gasteiger partial charge in [0.2, 0.25) is 0 Å². The summed E-state index contributed by atoms with van der Waals surface area (Å²) in [5.74, 6) is -0.857. The Labute approximate surface area is 181 Å². The van der Waals surface area contributed by atoms with E-state index in [2.05, 4.69) is 15.9 Å². The van der Waals surface area contributed by atoms with Crippen LogP contribution in [0.15, 0.2) is 34.8 Å². The van der Waals surface area contributed by atoms with Gasteiger partial charge in [-0.15, -0.1) is 11.3 Å². The first-order valence-corrected chi connectivity index (χ1v) is 10.6. The fraction of sp³-hybridized carbons (Fsp3) is 0.400. The van der Waals surface area contributed by atoms with Crippen LogP contribution in [0.5, 0.6) is 5.75 Å². The number of hydrogen-bond acceptors (Lipinski definition) is 8. The topological polar surface area (TPSA) is 80.3 Å². The van der Waals surface area contributed by atoms with Gasteiger partial charge in [-0.1, -0.05) is 30.3 Å². The smallest absolute Gasteiger partial charge is 0.351 e. The van der Waals surface area contributed by atoms with Crippen LogP contribution in [-0.4, -0.2) is 45.7 Å². The van der Waals surface area contributed by atoms with Crippen LogP contribution < -0.4 is 4.74 Å². The molecule has 0 bridgehead atoms. The largest absolute Gasteiger partial charge is 0.479 e. The van der Waals surface area contributed by atoms with Crippen molar-refractivity contribution in [2.45, 2.75) is 18.9 Å². The Bertz CT molecular complexity index is 859. The molecule has 1 aromatic heterocycles. The predicted octanol–water partition coefficient (Wildman–Crippen LogP) is 3.68. The second kappa shape index (κ2) is 9.71. The van der Waals surface area contributed by atoms with Crippen molar-refractivity contribution < 1.29 is 33.3 Å². The van der Waals surface area contributed by atoms with Crippen molar-refractivity contribution in [3.8, 4) is 5.75 Å². The Morgan fingerprint density at radius 1 is 1.28 bits per heavy atom. The van der Waals surface area contributed by atoms with Crippen LogP contribution in [0.2, 0.25) is 0 Å². The Kier molecular flexibility index (Phi) is 7.28. The highest BCUT2D eigenvalue weighted by molar-refractivity contribution is 9.10. The van der Waals surface area contributed by atoms with Crippen molar-refractivity contribution in [1.82, 2.24) is 0 Å². The minimum Gasteiger partial charge on any atom is -0.479 e. The van der Waals surface area contributed by atoms with E-state index < -0.39 is 17.5 Å². The highest BCUT2D eigenvalue weighted by Gasteiger charge is 2.44. The molecule has 1 saturated heterocycles. The van der Waals surface area contributed by atoms with E-state index in [1.54, 1.807) is 6.92 Å². The van der Waals surface area contributed by atoms with E-state index in [0.29, 0.717) is 17.5 Å². The number of thiophene rings is 1. The number of methoxy groups -OCH3 is 1. The summed E-state index contributed by atoms with van der Waals surface area (Å²) in [6.45, 7) is 2.09. The molecule has 1 aliphatic rings. The van der Waals surface area contributed by atoms with Crippen molar-refractivity contribution in [1.29, 1.82) is 0 Å². The maximum Gasteiger partial charge on any atom is 0.351 e. The van der Waals surface area contributed by atoms with E-state index in [-0.39, 0.29) is 30.6 Å². The van der Waals surface area contributed by atoms with Gasteiger partial charge in [-0.05, 0) is 28.4 Å². The molecule has 0 saturated carbocycles. The molecular formula is C20H21BrO7S. The molecule has 0 aliphatic carbocycles. The van der Waals surface area contributed by atoms with Gasteiger partial charge in [0.05, 0.1) is 29.7 Å². The highest BCUT2D eigenvalue weighted by Crippen LogP contribution is 2.49. The molecule has 1 unspecified atom stereocenters. The van der Waals surface area contributed by atoms with Gasteiger partial charge in [0, 0.05) is 6.42 Å². The van der Waals surface area contributed by atoms with Gasteiger partial charge in [0.1, 0.15) is 12.4 Å². The standard InChI is InChI=1S/C20H21BrO7S/c1-3-26-14(22)10-27-16-15(21)18(29-17(16)19(23)24-2)20(11-25-12-28-20)9-13-7-5-4-6-8-13/h4-8H,3,9-12H2,1-2H3. The van der Waals surface area contributed by atoms with E-state index in [1.807, 2.05) is 30.3 Å². The molecule has 0 radical (unpaired) electrons. The average molecular weight is 485 g/mol. The highest BCUT2D eigenvalue weighted by atomic mass is 79.9. The maximum atomic E-state index is 12.3. The number of carbonyl (C=O) groups is 2. The van der Waals surface area contributed by atoms with E-state index in [1.165, 1.54) is 18.4 Å². The van der Waals surface area contributed by atoms with Gasteiger partial charge in [0.15, 0.2) is 17.2 Å². The van der Waals surface area contributed by atoms with Gasteiger partial charge in [-0.25, -0.2) is 9.59 Å². The molecule has 7 nitrogen and oxygen atoms in total. The van der Waals surface area contributed by atoms with Crippen molar-refractivity contribution in [3.05, 3.63) is 50.1 Å². The van der Waals surface area contributed by atoms with Crippen molar-refractivity contribution >= 4 is 39.2 Å². The van der Waals surface area contributed by atoms with Crippen LogP contribution in [0.3, 0.4) is 0 Å². The molecule has 2 aromatic rings. The van der Waals surface area contributed by atoms with Gasteiger partial charge in [-0.2, -0.15) is 0 Å². The molecule has 1 atom stereocenters. The zero-order chi connectivity index (χ0) is 20.9. The normalized spacial score (nSPS) is 18.4. The minimum absolute atomic E-state index is 0.143. The molecule has 156 valence electrons. The first-order chi connectivity index (χ1) is 14.0. The van der Waals surface area contributed by atoms with Crippen molar-refractivity contribution in [3.63, 3.8) is 0 Å². The van der Waals surface area contributed by atoms with Crippen LogP contribution in [-0.2, 0) is 35.8 Å². The number of rotatable bonds is 8. The molecule has 3 rings (SSSR count). The van der Waals surface area contributed by atoms with Gasteiger partial charge < -0.3 is 23.7 Å². The summed E-state index contributed by atoms with van der Waals surface area (Å²) < 4.78 is 27.5. The molecule has 0 amide bonds. The number of halogens is 1. The number of benzene rings is 1. The first kappa shape index (κ1) is 21.8. The van der Waals surface area contributed by atoms with E-state index in [4.69, 9.17) is 23.7 Å². The predicted molar refractivity (Wildman–Crippen MR) is 109 cm³/mol. The van der Waals surface area contributed by atoms with Gasteiger partial charge in [0.25, 0.3) is 0 Å². The molecule has 2 heterocycles. The Hall–Kier alpha value is -1.94. The van der Waals surface area contributed by atoms with Crippen LogP contribution >= 0.6 is 27.3 Å². The third kappa shape index (κ3) is 4.80. The van der Waals surface area contributed by atoms with Crippen LogP contribution in [0.25, 0.3) is 0 Å². The summed E-state index contributed by atoms with van der Waals surface area (Å²) in [5.41, 5.74) is 0.269. The summed E-state index contributed by atoms with van der Waals surface area (Å²) in [5, 5.41) is 0. The average Bonchev–Trinajstić information content (AvgIpc) is 3.32. The second-order valence-electron chi connectivity index (χ2n) is 6.26. The van der Waals surface area contributed by atoms with Crippen molar-refractivity contribution in [2.24, 2.45) is 0 Å². The van der Waals surface area contributed by atoms with E-state index >= 15 is 0 Å². The SMILES string of the molecule is CCOC(=O)COc1c(C(=O)OC)sc(C2(Cc3ccccc3)COCO2)c1Br. The minimum atomic E-state index is -0.792. The fourth-order valence-electron chi connectivity index (χ4n) is 3.02. The molecule has 0 spiro atoms. The monoisotopic (exact) mass is 484 g/mol. The molecule has 1 aromatic carbocycles. The molecular weight excluding hydrogens is 464 g/mol. The lowest BCUT2D eigenvalue weighted by Crippen LogP contribution is -2.30. The lowest BCUT2D eigenvalue weighted by atomic mass is 9.93. The van der Waals surface area contributed by atoms with Crippen LogP contribution in [0.1, 0.15) is 27.0 Å². The molecule has 0 N–H and O–H groups in total. The fourth-order valence-corrected chi connectivity index (χ4v) is 5.25. The Morgan fingerprint density at radius 2 is 2.03 bits per heavy atom. The number of hydrogen-bond donors (Lipinski definition) is 0. The van der Waals surface area contributed by atoms with Crippen LogP contribution in [0.4, 0.5) is 0 Å². The summed E-state index contributed by atoms with van der Waals surface area (Å²) in [4.78, 5) is 25.0. The third-order valence-corrected chi connectivity index (χ3v) is 6.68. The first-order valence-electron chi connectivity index (χ1n) is 8.96. The molecule has 1 aliphatic heterocycles. The summed E-state index contributed by atoms with van der Waals surface area (Å²) in [6, 6.07) is 9.86. The van der Waals surface area contributed by atoms with Gasteiger partial charge in [-0.3, -0.25) is 0 Å². The molecule has 9 heteroatoms. The summed E-state index contributed by atoms with van der Waals surface area (Å²) >= 11 is 4.73. The molecule has 1 fully saturated rings. The van der Waals surface area contributed by atoms with Crippen LogP contribution in [0, 0.1) is 0 Å².